The van der Waals surface area contributed by atoms with Crippen LogP contribution in [0.15, 0.2) is 5.16 Å². The Bertz CT molecular complexity index is 402. The molecule has 0 unspecified atom stereocenters. The first-order valence-corrected chi connectivity index (χ1v) is 7.11. The second-order valence-electron chi connectivity index (χ2n) is 3.91. The predicted molar refractivity (Wildman–Crippen MR) is 73.1 cm³/mol. The molecule has 106 valence electrons. The van der Waals surface area contributed by atoms with E-state index in [0.29, 0.717) is 36.7 Å². The van der Waals surface area contributed by atoms with E-state index >= 15 is 0 Å². The molecule has 2 heterocycles. The number of hydrazine groups is 1. The van der Waals surface area contributed by atoms with Crippen LogP contribution in [0.25, 0.3) is 0 Å². The number of morpholine rings is 1. The summed E-state index contributed by atoms with van der Waals surface area (Å²) >= 11 is 1.48. The maximum atomic E-state index is 8.78. The quantitative estimate of drug-likeness (QED) is 0.275. The molecule has 1 saturated heterocycles. The normalized spacial score (nSPS) is 15.6. The van der Waals surface area contributed by atoms with Crippen molar-refractivity contribution in [2.24, 2.45) is 5.84 Å². The van der Waals surface area contributed by atoms with Gasteiger partial charge in [-0.15, -0.1) is 0 Å². The van der Waals surface area contributed by atoms with Gasteiger partial charge in [-0.2, -0.15) is 15.0 Å². The molecule has 9 heteroatoms. The monoisotopic (exact) mass is 286 g/mol. The first kappa shape index (κ1) is 14.3. The van der Waals surface area contributed by atoms with Crippen molar-refractivity contribution in [3.8, 4) is 0 Å². The minimum Gasteiger partial charge on any atom is -0.396 e. The van der Waals surface area contributed by atoms with Crippen molar-refractivity contribution in [2.75, 3.05) is 49.0 Å². The zero-order valence-electron chi connectivity index (χ0n) is 10.6. The molecule has 19 heavy (non-hydrogen) atoms. The summed E-state index contributed by atoms with van der Waals surface area (Å²) in [5, 5.41) is 9.39. The lowest BCUT2D eigenvalue weighted by molar-refractivity contribution is 0.122. The number of rotatable bonds is 6. The summed E-state index contributed by atoms with van der Waals surface area (Å²) in [5.74, 6) is 7.09. The van der Waals surface area contributed by atoms with Crippen molar-refractivity contribution < 1.29 is 9.84 Å². The largest absolute Gasteiger partial charge is 0.396 e. The lowest BCUT2D eigenvalue weighted by atomic mass is 10.4. The molecule has 2 rings (SSSR count). The molecular formula is C10H18N6O2S. The molecule has 0 saturated carbocycles. The van der Waals surface area contributed by atoms with E-state index in [1.807, 2.05) is 4.90 Å². The van der Waals surface area contributed by atoms with Gasteiger partial charge < -0.3 is 14.7 Å². The zero-order valence-corrected chi connectivity index (χ0v) is 11.4. The molecule has 0 radical (unpaired) electrons. The van der Waals surface area contributed by atoms with Crippen molar-refractivity contribution in [1.29, 1.82) is 0 Å². The third-order valence-electron chi connectivity index (χ3n) is 2.56. The van der Waals surface area contributed by atoms with Gasteiger partial charge in [-0.3, -0.25) is 5.43 Å². The maximum absolute atomic E-state index is 8.78. The molecule has 0 spiro atoms. The highest BCUT2D eigenvalue weighted by Crippen LogP contribution is 2.19. The van der Waals surface area contributed by atoms with E-state index in [4.69, 9.17) is 15.7 Å². The SMILES string of the molecule is NNc1nc(SCCCO)nc(N2CCOCC2)n1. The summed E-state index contributed by atoms with van der Waals surface area (Å²) in [6.07, 6.45) is 0.703. The number of anilines is 2. The number of ether oxygens (including phenoxy) is 1. The van der Waals surface area contributed by atoms with Crippen LogP contribution in [0.4, 0.5) is 11.9 Å². The number of hydrogen-bond acceptors (Lipinski definition) is 9. The van der Waals surface area contributed by atoms with Crippen LogP contribution in [-0.2, 0) is 4.74 Å². The fourth-order valence-electron chi connectivity index (χ4n) is 1.61. The number of nitrogens with zero attached hydrogens (tertiary/aromatic N) is 4. The van der Waals surface area contributed by atoms with Gasteiger partial charge in [0.1, 0.15) is 0 Å². The molecule has 4 N–H and O–H groups in total. The van der Waals surface area contributed by atoms with Gasteiger partial charge in [0.25, 0.3) is 0 Å². The van der Waals surface area contributed by atoms with E-state index in [1.54, 1.807) is 0 Å². The number of thioether (sulfide) groups is 1. The van der Waals surface area contributed by atoms with Crippen molar-refractivity contribution >= 4 is 23.7 Å². The Kier molecular flexibility index (Phi) is 5.58. The highest BCUT2D eigenvalue weighted by molar-refractivity contribution is 7.99. The Labute approximate surface area is 115 Å². The third-order valence-corrected chi connectivity index (χ3v) is 3.49. The van der Waals surface area contributed by atoms with Gasteiger partial charge in [0.2, 0.25) is 11.9 Å². The Hall–Kier alpha value is -1.16. The Morgan fingerprint density at radius 2 is 2.11 bits per heavy atom. The highest BCUT2D eigenvalue weighted by atomic mass is 32.2. The van der Waals surface area contributed by atoms with Gasteiger partial charge in [-0.1, -0.05) is 11.8 Å². The molecule has 1 aromatic heterocycles. The zero-order chi connectivity index (χ0) is 13.5. The summed E-state index contributed by atoms with van der Waals surface area (Å²) < 4.78 is 5.30. The van der Waals surface area contributed by atoms with Crippen molar-refractivity contribution in [2.45, 2.75) is 11.6 Å². The smallest absolute Gasteiger partial charge is 0.242 e. The third kappa shape index (κ3) is 4.16. The average Bonchev–Trinajstić information content (AvgIpc) is 2.48. The van der Waals surface area contributed by atoms with E-state index in [2.05, 4.69) is 20.4 Å². The molecule has 0 atom stereocenters. The number of aliphatic hydroxyl groups is 1. The van der Waals surface area contributed by atoms with Gasteiger partial charge in [0.05, 0.1) is 13.2 Å². The lowest BCUT2D eigenvalue weighted by Crippen LogP contribution is -2.37. The number of nitrogen functional groups attached to an aromatic ring is 1. The van der Waals surface area contributed by atoms with Crippen LogP contribution in [0, 0.1) is 0 Å². The fourth-order valence-corrected chi connectivity index (χ4v) is 2.36. The van der Waals surface area contributed by atoms with Crippen LogP contribution in [0.5, 0.6) is 0 Å². The van der Waals surface area contributed by atoms with E-state index in [0.717, 1.165) is 18.8 Å². The molecule has 0 aromatic carbocycles. The average molecular weight is 286 g/mol. The first-order valence-electron chi connectivity index (χ1n) is 6.12. The molecule has 0 amide bonds. The number of hydrogen-bond donors (Lipinski definition) is 3. The van der Waals surface area contributed by atoms with Crippen LogP contribution in [0.3, 0.4) is 0 Å². The minimum absolute atomic E-state index is 0.163. The van der Waals surface area contributed by atoms with Crippen LogP contribution in [0.2, 0.25) is 0 Å². The molecule has 0 bridgehead atoms. The van der Waals surface area contributed by atoms with Gasteiger partial charge >= 0.3 is 0 Å². The molecule has 1 aliphatic rings. The molecule has 0 aliphatic carbocycles. The van der Waals surface area contributed by atoms with Crippen LogP contribution < -0.4 is 16.2 Å². The summed E-state index contributed by atoms with van der Waals surface area (Å²) in [7, 11) is 0. The van der Waals surface area contributed by atoms with Crippen LogP contribution >= 0.6 is 11.8 Å². The molecule has 1 aromatic rings. The number of aromatic nitrogens is 3. The fraction of sp³-hybridized carbons (Fsp3) is 0.700. The minimum atomic E-state index is 0.163. The van der Waals surface area contributed by atoms with E-state index in [9.17, 15) is 0 Å². The lowest BCUT2D eigenvalue weighted by Gasteiger charge is -2.26. The van der Waals surface area contributed by atoms with Crippen molar-refractivity contribution in [3.05, 3.63) is 0 Å². The standard InChI is InChI=1S/C10H18N6O2S/c11-15-8-12-9(16-2-5-18-6-3-16)14-10(13-8)19-7-1-4-17/h17H,1-7,11H2,(H,12,13,14,15). The second-order valence-corrected chi connectivity index (χ2v) is 4.97. The van der Waals surface area contributed by atoms with Crippen LogP contribution in [0.1, 0.15) is 6.42 Å². The highest BCUT2D eigenvalue weighted by Gasteiger charge is 2.16. The second kappa shape index (κ2) is 7.43. The van der Waals surface area contributed by atoms with Crippen LogP contribution in [-0.4, -0.2) is 58.7 Å². The van der Waals surface area contributed by atoms with E-state index in [-0.39, 0.29) is 6.61 Å². The van der Waals surface area contributed by atoms with Crippen molar-refractivity contribution in [1.82, 2.24) is 15.0 Å². The summed E-state index contributed by atoms with van der Waals surface area (Å²) in [6.45, 7) is 3.02. The maximum Gasteiger partial charge on any atom is 0.242 e. The summed E-state index contributed by atoms with van der Waals surface area (Å²) in [5.41, 5.74) is 2.45. The molecular weight excluding hydrogens is 268 g/mol. The number of nitrogens with one attached hydrogen (secondary N) is 1. The van der Waals surface area contributed by atoms with Gasteiger partial charge in [0, 0.05) is 25.4 Å². The van der Waals surface area contributed by atoms with Gasteiger partial charge in [-0.25, -0.2) is 5.84 Å². The van der Waals surface area contributed by atoms with Gasteiger partial charge in [-0.05, 0) is 6.42 Å². The number of nitrogens with two attached hydrogens (primary N) is 1. The van der Waals surface area contributed by atoms with E-state index in [1.165, 1.54) is 11.8 Å². The summed E-state index contributed by atoms with van der Waals surface area (Å²) in [4.78, 5) is 14.9. The molecule has 1 fully saturated rings. The molecule has 1 aliphatic heterocycles. The Morgan fingerprint density at radius 1 is 1.32 bits per heavy atom. The Balaban J connectivity index is 2.10. The van der Waals surface area contributed by atoms with E-state index < -0.39 is 0 Å². The van der Waals surface area contributed by atoms with Gasteiger partial charge in [0.15, 0.2) is 5.16 Å². The molecule has 8 nitrogen and oxygen atoms in total. The Morgan fingerprint density at radius 3 is 2.79 bits per heavy atom. The predicted octanol–water partition coefficient (Wildman–Crippen LogP) is -0.532. The van der Waals surface area contributed by atoms with Crippen molar-refractivity contribution in [3.63, 3.8) is 0 Å². The summed E-state index contributed by atoms with van der Waals surface area (Å²) in [6, 6.07) is 0. The first-order chi connectivity index (χ1) is 9.33. The topological polar surface area (TPSA) is 109 Å². The number of aliphatic hydroxyl groups excluding tert-OH is 1.